The van der Waals surface area contributed by atoms with E-state index >= 15 is 0 Å². The smallest absolute Gasteiger partial charge is 0.296 e. The summed E-state index contributed by atoms with van der Waals surface area (Å²) in [5.41, 5.74) is 0.738. The fraction of sp³-hybridized carbons (Fsp3) is 0.273. The molecule has 6 heteroatoms. The van der Waals surface area contributed by atoms with Crippen molar-refractivity contribution in [2.45, 2.75) is 12.2 Å². The molecule has 0 bridgehead atoms. The van der Waals surface area contributed by atoms with Gasteiger partial charge in [0.1, 0.15) is 6.10 Å². The van der Waals surface area contributed by atoms with E-state index in [1.54, 1.807) is 0 Å². The second kappa shape index (κ2) is 4.44. The number of ketones is 1. The Morgan fingerprint density at radius 1 is 1.29 bits per heavy atom. The third-order valence-corrected chi connectivity index (χ3v) is 2.94. The fourth-order valence-electron chi connectivity index (χ4n) is 1.73. The number of fused-ring (bicyclic) bond motifs is 1. The second-order valence-electron chi connectivity index (χ2n) is 3.72. The van der Waals surface area contributed by atoms with Crippen LogP contribution in [0.1, 0.15) is 22.0 Å². The van der Waals surface area contributed by atoms with E-state index in [4.69, 9.17) is 11.6 Å². The zero-order valence-electron chi connectivity index (χ0n) is 8.68. The summed E-state index contributed by atoms with van der Waals surface area (Å²) in [4.78, 5) is 22.6. The van der Waals surface area contributed by atoms with Crippen LogP contribution in [-0.2, 0) is 4.79 Å². The summed E-state index contributed by atoms with van der Waals surface area (Å²) in [6, 6.07) is 4.55. The highest BCUT2D eigenvalue weighted by molar-refractivity contribution is 6.51. The molecule has 1 aliphatic heterocycles. The van der Waals surface area contributed by atoms with Crippen molar-refractivity contribution in [3.8, 4) is 0 Å². The van der Waals surface area contributed by atoms with Crippen LogP contribution >= 0.6 is 11.6 Å². The van der Waals surface area contributed by atoms with Crippen molar-refractivity contribution in [3.63, 3.8) is 0 Å². The molecule has 0 radical (unpaired) electrons. The Morgan fingerprint density at radius 2 is 2.00 bits per heavy atom. The molecule has 1 aliphatic rings. The lowest BCUT2D eigenvalue weighted by Gasteiger charge is -2.18. The molecule has 5 nitrogen and oxygen atoms in total. The number of carbonyl (C=O) groups excluding carboxylic acids is 2. The van der Waals surface area contributed by atoms with Crippen LogP contribution in [0.15, 0.2) is 18.2 Å². The lowest BCUT2D eigenvalue weighted by Crippen LogP contribution is -2.20. The first kappa shape index (κ1) is 12.0. The number of aliphatic hydroxyl groups excluding tert-OH is 2. The predicted octanol–water partition coefficient (Wildman–Crippen LogP) is 0.455. The van der Waals surface area contributed by atoms with Gasteiger partial charge in [0.25, 0.3) is 11.7 Å². The van der Waals surface area contributed by atoms with Crippen LogP contribution in [0.25, 0.3) is 0 Å². The first-order chi connectivity index (χ1) is 8.06. The Hall–Kier alpha value is -1.43. The third-order valence-electron chi connectivity index (χ3n) is 2.63. The van der Waals surface area contributed by atoms with Crippen molar-refractivity contribution in [1.29, 1.82) is 0 Å². The van der Waals surface area contributed by atoms with Crippen LogP contribution in [0.3, 0.4) is 0 Å². The number of rotatable bonds is 3. The zero-order chi connectivity index (χ0) is 12.6. The van der Waals surface area contributed by atoms with Crippen molar-refractivity contribution in [1.82, 2.24) is 0 Å². The Bertz CT molecular complexity index is 488. The fourth-order valence-corrected chi connectivity index (χ4v) is 1.90. The third kappa shape index (κ3) is 1.93. The maximum Gasteiger partial charge on any atom is 0.296 e. The van der Waals surface area contributed by atoms with Gasteiger partial charge in [-0.15, -0.1) is 11.6 Å². The highest BCUT2D eigenvalue weighted by Gasteiger charge is 2.32. The molecule has 0 spiro atoms. The summed E-state index contributed by atoms with van der Waals surface area (Å²) in [6.07, 6.45) is -2.40. The number of hydrogen-bond acceptors (Lipinski definition) is 4. The molecular weight excluding hydrogens is 246 g/mol. The summed E-state index contributed by atoms with van der Waals surface area (Å²) in [6.45, 7) is 0. The van der Waals surface area contributed by atoms with Crippen LogP contribution in [0.5, 0.6) is 0 Å². The maximum absolute atomic E-state index is 11.4. The van der Waals surface area contributed by atoms with E-state index in [2.05, 4.69) is 5.32 Å². The van der Waals surface area contributed by atoms with Crippen molar-refractivity contribution in [3.05, 3.63) is 29.3 Å². The Kier molecular flexibility index (Phi) is 3.15. The van der Waals surface area contributed by atoms with Gasteiger partial charge in [-0.2, -0.15) is 0 Å². The average Bonchev–Trinajstić information content (AvgIpc) is 2.63. The van der Waals surface area contributed by atoms with E-state index < -0.39 is 23.9 Å². The molecule has 0 fully saturated rings. The number of Topliss-reactive ketones (excluding diaryl/α,β-unsaturated/α-hetero) is 1. The normalized spacial score (nSPS) is 17.6. The number of benzene rings is 1. The minimum Gasteiger partial charge on any atom is -0.389 e. The molecule has 2 unspecified atom stereocenters. The van der Waals surface area contributed by atoms with Gasteiger partial charge in [-0.3, -0.25) is 9.59 Å². The molecule has 0 saturated carbocycles. The van der Waals surface area contributed by atoms with Gasteiger partial charge >= 0.3 is 0 Å². The summed E-state index contributed by atoms with van der Waals surface area (Å²) >= 11 is 5.44. The van der Waals surface area contributed by atoms with Crippen molar-refractivity contribution in [2.24, 2.45) is 0 Å². The number of amides is 1. The first-order valence-corrected chi connectivity index (χ1v) is 5.50. The van der Waals surface area contributed by atoms with E-state index in [-0.39, 0.29) is 22.7 Å². The highest BCUT2D eigenvalue weighted by atomic mass is 35.5. The van der Waals surface area contributed by atoms with E-state index in [1.165, 1.54) is 18.2 Å². The van der Waals surface area contributed by atoms with Gasteiger partial charge in [-0.05, 0) is 6.07 Å². The molecule has 0 aromatic heterocycles. The largest absolute Gasteiger partial charge is 0.389 e. The molecule has 2 atom stereocenters. The van der Waals surface area contributed by atoms with Gasteiger partial charge in [-0.1, -0.05) is 12.1 Å². The van der Waals surface area contributed by atoms with Gasteiger partial charge in [0.05, 0.1) is 23.2 Å². The Balaban J connectivity index is 2.45. The van der Waals surface area contributed by atoms with Crippen LogP contribution in [0.2, 0.25) is 0 Å². The topological polar surface area (TPSA) is 86.6 Å². The zero-order valence-corrected chi connectivity index (χ0v) is 9.44. The molecule has 1 aromatic rings. The summed E-state index contributed by atoms with van der Waals surface area (Å²) in [7, 11) is 0. The molecule has 0 saturated heterocycles. The lowest BCUT2D eigenvalue weighted by atomic mass is 10.00. The van der Waals surface area contributed by atoms with Crippen molar-refractivity contribution in [2.75, 3.05) is 11.2 Å². The number of nitrogens with one attached hydrogen (secondary N) is 1. The predicted molar refractivity (Wildman–Crippen MR) is 61.1 cm³/mol. The van der Waals surface area contributed by atoms with E-state index in [0.29, 0.717) is 0 Å². The molecular formula is C11H10ClNO4. The SMILES string of the molecule is O=C1Nc2c(cccc2C(O)C(O)CCl)C1=O. The maximum atomic E-state index is 11.4. The Labute approximate surface area is 102 Å². The minimum atomic E-state index is -1.24. The van der Waals surface area contributed by atoms with Crippen LogP contribution < -0.4 is 5.32 Å². The molecule has 1 aromatic carbocycles. The van der Waals surface area contributed by atoms with Gasteiger partial charge in [0.2, 0.25) is 0 Å². The number of halogens is 1. The number of alkyl halides is 1. The second-order valence-corrected chi connectivity index (χ2v) is 4.03. The van der Waals surface area contributed by atoms with Gasteiger partial charge in [0.15, 0.2) is 0 Å². The molecule has 2 rings (SSSR count). The van der Waals surface area contributed by atoms with Gasteiger partial charge < -0.3 is 15.5 Å². The van der Waals surface area contributed by atoms with E-state index in [9.17, 15) is 19.8 Å². The number of carbonyl (C=O) groups is 2. The standard InChI is InChI=1S/C11H10ClNO4/c12-4-7(14)9(15)5-2-1-3-6-8(5)13-11(17)10(6)16/h1-3,7,9,14-15H,4H2,(H,13,16,17). The molecule has 1 heterocycles. The van der Waals surface area contributed by atoms with Crippen molar-refractivity contribution < 1.29 is 19.8 Å². The van der Waals surface area contributed by atoms with E-state index in [0.717, 1.165) is 0 Å². The minimum absolute atomic E-state index is 0.146. The summed E-state index contributed by atoms with van der Waals surface area (Å²) < 4.78 is 0. The summed E-state index contributed by atoms with van der Waals surface area (Å²) in [5, 5.41) is 21.7. The van der Waals surface area contributed by atoms with Crippen LogP contribution in [-0.4, -0.2) is 33.9 Å². The average molecular weight is 256 g/mol. The van der Waals surface area contributed by atoms with Gasteiger partial charge in [0, 0.05) is 5.56 Å². The first-order valence-electron chi connectivity index (χ1n) is 4.97. The monoisotopic (exact) mass is 255 g/mol. The van der Waals surface area contributed by atoms with Crippen LogP contribution in [0.4, 0.5) is 5.69 Å². The van der Waals surface area contributed by atoms with Gasteiger partial charge in [-0.25, -0.2) is 0 Å². The number of aliphatic hydroxyl groups is 2. The molecule has 1 amide bonds. The molecule has 90 valence electrons. The highest BCUT2D eigenvalue weighted by Crippen LogP contribution is 2.32. The molecule has 17 heavy (non-hydrogen) atoms. The lowest BCUT2D eigenvalue weighted by molar-refractivity contribution is -0.112. The van der Waals surface area contributed by atoms with Crippen molar-refractivity contribution >= 4 is 29.0 Å². The molecule has 0 aliphatic carbocycles. The Morgan fingerprint density at radius 3 is 2.65 bits per heavy atom. The van der Waals surface area contributed by atoms with Crippen LogP contribution in [0, 0.1) is 0 Å². The summed E-state index contributed by atoms with van der Waals surface area (Å²) in [5.74, 6) is -1.53. The molecule has 3 N–H and O–H groups in total. The number of anilines is 1. The van der Waals surface area contributed by atoms with E-state index in [1.807, 2.05) is 0 Å². The quantitative estimate of drug-likeness (QED) is 0.541. The number of para-hydroxylation sites is 1. The number of hydrogen-bond donors (Lipinski definition) is 3.